The van der Waals surface area contributed by atoms with E-state index in [2.05, 4.69) is 4.72 Å². The van der Waals surface area contributed by atoms with E-state index in [1.165, 1.54) is 0 Å². The number of nitrogens with one attached hydrogen (secondary N) is 1. The quantitative estimate of drug-likeness (QED) is 0.726. The first-order chi connectivity index (χ1) is 13.4. The molecule has 1 N–H and O–H groups in total. The van der Waals surface area contributed by atoms with Crippen LogP contribution in [0.5, 0.6) is 0 Å². The van der Waals surface area contributed by atoms with Gasteiger partial charge in [-0.2, -0.15) is 0 Å². The van der Waals surface area contributed by atoms with Crippen molar-refractivity contribution in [1.82, 2.24) is 19.4 Å². The second-order valence-electron chi connectivity index (χ2n) is 10.5. The molecule has 162 valence electrons. The van der Waals surface area contributed by atoms with Crippen molar-refractivity contribution in [1.29, 1.82) is 0 Å². The fraction of sp³-hybridized carbons (Fsp3) is 0.895. The van der Waals surface area contributed by atoms with Crippen molar-refractivity contribution in [3.05, 3.63) is 0 Å². The lowest BCUT2D eigenvalue weighted by Crippen LogP contribution is -2.84. The summed E-state index contributed by atoms with van der Waals surface area (Å²) in [5, 5.41) is -0.214. The zero-order valence-electron chi connectivity index (χ0n) is 17.3. The van der Waals surface area contributed by atoms with E-state index in [1.807, 2.05) is 30.6 Å². The predicted octanol–water partition coefficient (Wildman–Crippen LogP) is 1.10. The van der Waals surface area contributed by atoms with E-state index in [4.69, 9.17) is 4.74 Å². The van der Waals surface area contributed by atoms with Crippen molar-refractivity contribution < 1.29 is 22.7 Å². The minimum atomic E-state index is -3.21. The Balaban J connectivity index is 1.20. The number of sulfonamides is 1. The number of fused-ring (bicyclic) bond motifs is 1. The first kappa shape index (κ1) is 19.4. The largest absolute Gasteiger partial charge is 0.444 e. The van der Waals surface area contributed by atoms with Crippen LogP contribution in [0.3, 0.4) is 0 Å². The monoisotopic (exact) mass is 426 g/mol. The van der Waals surface area contributed by atoms with E-state index in [-0.39, 0.29) is 34.5 Å². The number of nitrogens with zero attached hydrogens (tertiary/aromatic N) is 3. The highest BCUT2D eigenvalue weighted by Crippen LogP contribution is 2.65. The van der Waals surface area contributed by atoms with Crippen LogP contribution in [0.2, 0.25) is 0 Å². The van der Waals surface area contributed by atoms with Crippen LogP contribution in [0.15, 0.2) is 0 Å². The molecule has 6 aliphatic rings. The summed E-state index contributed by atoms with van der Waals surface area (Å²) in [4.78, 5) is 30.9. The Hall–Kier alpha value is -1.55. The molecule has 9 nitrogen and oxygen atoms in total. The van der Waals surface area contributed by atoms with E-state index < -0.39 is 15.6 Å². The fourth-order valence-electron chi connectivity index (χ4n) is 5.49. The smallest absolute Gasteiger partial charge is 0.410 e. The molecule has 0 unspecified atom stereocenters. The molecule has 10 heteroatoms. The van der Waals surface area contributed by atoms with E-state index in [0.29, 0.717) is 45.4 Å². The first-order valence-electron chi connectivity index (χ1n) is 10.5. The highest BCUT2D eigenvalue weighted by molar-refractivity contribution is 7.90. The molecule has 2 saturated heterocycles. The SMILES string of the molecule is CC(C)(C)OC(=O)N1CCN2C(=O)N(C34CC(NS(=O)(=O)C5CC5)(C3)C4)C[C@@H]2C1. The van der Waals surface area contributed by atoms with Gasteiger partial charge in [-0.05, 0) is 52.9 Å². The molecule has 2 bridgehead atoms. The molecule has 1 atom stereocenters. The Morgan fingerprint density at radius 3 is 2.38 bits per heavy atom. The van der Waals surface area contributed by atoms with Crippen LogP contribution in [0.1, 0.15) is 52.9 Å². The summed E-state index contributed by atoms with van der Waals surface area (Å²) in [6.45, 7) is 7.59. The standard InChI is InChI=1S/C19H30N4O5S/c1-17(2,3)28-16(25)21-6-7-22-13(8-21)9-23(15(22)24)19-10-18(11-19,12-19)20-29(26,27)14-4-5-14/h13-14,20H,4-12H2,1-3H3/t13-,18?,19?/m0/s1. The maximum atomic E-state index is 13.0. The molecular formula is C19H30N4O5S. The molecule has 0 spiro atoms. The molecule has 0 radical (unpaired) electrons. The van der Waals surface area contributed by atoms with Crippen molar-refractivity contribution >= 4 is 22.1 Å². The number of hydrogen-bond donors (Lipinski definition) is 1. The van der Waals surface area contributed by atoms with Gasteiger partial charge in [0.2, 0.25) is 10.0 Å². The highest BCUT2D eigenvalue weighted by atomic mass is 32.2. The number of piperazine rings is 1. The van der Waals surface area contributed by atoms with Crippen LogP contribution in [0.4, 0.5) is 9.59 Å². The maximum absolute atomic E-state index is 13.0. The Labute approximate surface area is 171 Å². The minimum absolute atomic E-state index is 0.0252. The van der Waals surface area contributed by atoms with Gasteiger partial charge in [-0.1, -0.05) is 0 Å². The van der Waals surface area contributed by atoms with Gasteiger partial charge in [0.05, 0.1) is 16.8 Å². The van der Waals surface area contributed by atoms with Crippen LogP contribution in [-0.2, 0) is 14.8 Å². The summed E-state index contributed by atoms with van der Waals surface area (Å²) in [6, 6.07) is -0.00547. The number of urea groups is 1. The Kier molecular flexibility index (Phi) is 3.87. The van der Waals surface area contributed by atoms with Gasteiger partial charge in [-0.3, -0.25) is 0 Å². The summed E-state index contributed by atoms with van der Waals surface area (Å²) in [5.41, 5.74) is -1.09. The maximum Gasteiger partial charge on any atom is 0.410 e. The van der Waals surface area contributed by atoms with Crippen LogP contribution in [0.25, 0.3) is 0 Å². The second-order valence-corrected chi connectivity index (χ2v) is 12.5. The molecule has 0 aromatic carbocycles. The predicted molar refractivity (Wildman–Crippen MR) is 105 cm³/mol. The first-order valence-corrected chi connectivity index (χ1v) is 12.1. The zero-order valence-corrected chi connectivity index (χ0v) is 18.1. The molecule has 0 aromatic rings. The van der Waals surface area contributed by atoms with E-state index in [0.717, 1.165) is 12.8 Å². The zero-order chi connectivity index (χ0) is 20.8. The lowest BCUT2D eigenvalue weighted by Gasteiger charge is -2.72. The molecule has 0 aromatic heterocycles. The van der Waals surface area contributed by atoms with E-state index >= 15 is 0 Å². The van der Waals surface area contributed by atoms with Gasteiger partial charge in [-0.25, -0.2) is 22.7 Å². The number of ether oxygens (including phenoxy) is 1. The summed E-state index contributed by atoms with van der Waals surface area (Å²) in [6.07, 6.45) is 3.29. The van der Waals surface area contributed by atoms with Gasteiger partial charge < -0.3 is 19.4 Å². The molecule has 4 saturated carbocycles. The third-order valence-corrected chi connectivity index (χ3v) is 8.97. The average molecular weight is 427 g/mol. The number of rotatable bonds is 4. The average Bonchev–Trinajstić information content (AvgIpc) is 3.34. The molecular weight excluding hydrogens is 396 g/mol. The minimum Gasteiger partial charge on any atom is -0.444 e. The summed E-state index contributed by atoms with van der Waals surface area (Å²) in [5.74, 6) is 0. The second kappa shape index (κ2) is 5.78. The van der Waals surface area contributed by atoms with Gasteiger partial charge >= 0.3 is 12.1 Å². The Bertz CT molecular complexity index is 843. The molecule has 29 heavy (non-hydrogen) atoms. The van der Waals surface area contributed by atoms with Crippen molar-refractivity contribution in [2.45, 2.75) is 80.8 Å². The summed E-state index contributed by atoms with van der Waals surface area (Å²) in [7, 11) is -3.21. The van der Waals surface area contributed by atoms with Crippen molar-refractivity contribution in [2.75, 3.05) is 26.2 Å². The molecule has 6 fully saturated rings. The fourth-order valence-corrected chi connectivity index (χ4v) is 7.23. The Morgan fingerprint density at radius 2 is 1.79 bits per heavy atom. The number of hydrogen-bond acceptors (Lipinski definition) is 5. The van der Waals surface area contributed by atoms with Crippen LogP contribution in [-0.4, -0.2) is 89.4 Å². The normalized spacial score (nSPS) is 36.4. The lowest BCUT2D eigenvalue weighted by atomic mass is 9.44. The van der Waals surface area contributed by atoms with Gasteiger partial charge in [0.15, 0.2) is 0 Å². The highest BCUT2D eigenvalue weighted by Gasteiger charge is 2.74. The number of carbonyl (C=O) groups is 2. The molecule has 6 rings (SSSR count). The Morgan fingerprint density at radius 1 is 1.14 bits per heavy atom. The van der Waals surface area contributed by atoms with Crippen LogP contribution < -0.4 is 4.72 Å². The topological polar surface area (TPSA) is 99.3 Å². The molecule has 2 aliphatic heterocycles. The number of carbonyl (C=O) groups excluding carboxylic acids is 2. The van der Waals surface area contributed by atoms with Gasteiger partial charge in [-0.15, -0.1) is 0 Å². The van der Waals surface area contributed by atoms with Gasteiger partial charge in [0.25, 0.3) is 0 Å². The third-order valence-electron chi connectivity index (χ3n) is 6.90. The molecule has 2 heterocycles. The lowest BCUT2D eigenvalue weighted by molar-refractivity contribution is -0.145. The molecule has 3 amide bonds. The molecule has 4 aliphatic carbocycles. The van der Waals surface area contributed by atoms with Crippen molar-refractivity contribution in [2.24, 2.45) is 0 Å². The number of amides is 3. The summed E-state index contributed by atoms with van der Waals surface area (Å²) >= 11 is 0. The summed E-state index contributed by atoms with van der Waals surface area (Å²) < 4.78 is 32.9. The van der Waals surface area contributed by atoms with Gasteiger partial charge in [0.1, 0.15) is 5.60 Å². The van der Waals surface area contributed by atoms with Crippen LogP contribution in [0, 0.1) is 0 Å². The van der Waals surface area contributed by atoms with E-state index in [9.17, 15) is 18.0 Å². The van der Waals surface area contributed by atoms with Crippen molar-refractivity contribution in [3.63, 3.8) is 0 Å². The van der Waals surface area contributed by atoms with Crippen molar-refractivity contribution in [3.8, 4) is 0 Å². The van der Waals surface area contributed by atoms with Crippen LogP contribution >= 0.6 is 0 Å². The van der Waals surface area contributed by atoms with Gasteiger partial charge in [0, 0.05) is 31.7 Å². The third kappa shape index (κ3) is 3.10. The van der Waals surface area contributed by atoms with E-state index in [1.54, 1.807) is 4.90 Å².